The Morgan fingerprint density at radius 3 is 2.21 bits per heavy atom. The van der Waals surface area contributed by atoms with Crippen molar-refractivity contribution in [1.29, 1.82) is 0 Å². The van der Waals surface area contributed by atoms with Gasteiger partial charge in [-0.2, -0.15) is 5.10 Å². The van der Waals surface area contributed by atoms with Crippen LogP contribution in [0.2, 0.25) is 0 Å². The smallest absolute Gasteiger partial charge is 0.437 e. The summed E-state index contributed by atoms with van der Waals surface area (Å²) in [7, 11) is 1.52. The van der Waals surface area contributed by atoms with Crippen LogP contribution in [0.15, 0.2) is 24.7 Å². The number of aromatic nitrogens is 4. The molecule has 0 aliphatic heterocycles. The van der Waals surface area contributed by atoms with Crippen LogP contribution in [0.4, 0.5) is 15.4 Å². The Balaban J connectivity index is 2.26. The van der Waals surface area contributed by atoms with Gasteiger partial charge in [-0.3, -0.25) is 4.90 Å². The van der Waals surface area contributed by atoms with Gasteiger partial charge in [-0.1, -0.05) is 5.92 Å². The molecule has 1 amide bonds. The Morgan fingerprint density at radius 1 is 1.03 bits per heavy atom. The second-order valence-electron chi connectivity index (χ2n) is 11.5. The van der Waals surface area contributed by atoms with Crippen LogP contribution in [-0.4, -0.2) is 60.5 Å². The average Bonchev–Trinajstić information content (AvgIpc) is 3.35. The summed E-state index contributed by atoms with van der Waals surface area (Å²) >= 11 is 0. The van der Waals surface area contributed by atoms with E-state index >= 15 is 0 Å². The predicted molar refractivity (Wildman–Crippen MR) is 146 cm³/mol. The highest BCUT2D eigenvalue weighted by molar-refractivity contribution is 6.02. The van der Waals surface area contributed by atoms with Gasteiger partial charge < -0.3 is 19.1 Å². The van der Waals surface area contributed by atoms with Crippen LogP contribution in [-0.2, 0) is 16.0 Å². The Hall–Kier alpha value is -3.84. The maximum atomic E-state index is 13.1. The van der Waals surface area contributed by atoms with E-state index in [1.807, 2.05) is 23.8 Å². The zero-order chi connectivity index (χ0) is 28.6. The SMILES string of the molecule is CCn1cc(-c2cnn(C(=O)OC(C)(C)C)c2N(C)C(=O)OC(C)(C)C)c2cc(C#CC(C)(C)O)ncc21. The van der Waals surface area contributed by atoms with Gasteiger partial charge in [0.2, 0.25) is 0 Å². The summed E-state index contributed by atoms with van der Waals surface area (Å²) in [4.78, 5) is 31.9. The molecule has 0 aromatic carbocycles. The average molecular weight is 524 g/mol. The van der Waals surface area contributed by atoms with Crippen molar-refractivity contribution in [3.8, 4) is 23.0 Å². The summed E-state index contributed by atoms with van der Waals surface area (Å²) in [5, 5.41) is 15.1. The molecule has 1 N–H and O–H groups in total. The highest BCUT2D eigenvalue weighted by Crippen LogP contribution is 2.37. The predicted octanol–water partition coefficient (Wildman–Crippen LogP) is 5.20. The highest BCUT2D eigenvalue weighted by Gasteiger charge is 2.31. The van der Waals surface area contributed by atoms with E-state index in [0.717, 1.165) is 21.1 Å². The number of fused-ring (bicyclic) bond motifs is 1. The Morgan fingerprint density at radius 2 is 1.66 bits per heavy atom. The minimum absolute atomic E-state index is 0.199. The fourth-order valence-corrected chi connectivity index (χ4v) is 3.66. The van der Waals surface area contributed by atoms with E-state index in [2.05, 4.69) is 21.9 Å². The molecule has 0 radical (unpaired) electrons. The number of anilines is 1. The highest BCUT2D eigenvalue weighted by atomic mass is 16.6. The van der Waals surface area contributed by atoms with Crippen LogP contribution in [0.5, 0.6) is 0 Å². The largest absolute Gasteiger partial charge is 0.443 e. The topological polar surface area (TPSA) is 112 Å². The second kappa shape index (κ2) is 10.1. The Bertz CT molecular complexity index is 1420. The Kier molecular flexibility index (Phi) is 7.66. The molecule has 0 spiro atoms. The lowest BCUT2D eigenvalue weighted by Crippen LogP contribution is -2.37. The lowest BCUT2D eigenvalue weighted by atomic mass is 10.1. The van der Waals surface area contributed by atoms with E-state index in [0.29, 0.717) is 17.8 Å². The summed E-state index contributed by atoms with van der Waals surface area (Å²) < 4.78 is 14.2. The van der Waals surface area contributed by atoms with E-state index in [1.54, 1.807) is 61.6 Å². The van der Waals surface area contributed by atoms with Gasteiger partial charge >= 0.3 is 12.2 Å². The maximum Gasteiger partial charge on any atom is 0.437 e. The number of aliphatic hydroxyl groups is 1. The minimum Gasteiger partial charge on any atom is -0.443 e. The van der Waals surface area contributed by atoms with Crippen LogP contribution in [0.25, 0.3) is 22.0 Å². The molecule has 38 heavy (non-hydrogen) atoms. The molecule has 3 aromatic rings. The molecule has 0 unspecified atom stereocenters. The van der Waals surface area contributed by atoms with Gasteiger partial charge in [0.25, 0.3) is 0 Å². The van der Waals surface area contributed by atoms with E-state index in [4.69, 9.17) is 9.47 Å². The van der Waals surface area contributed by atoms with Crippen LogP contribution < -0.4 is 4.90 Å². The number of ether oxygens (including phenoxy) is 2. The summed E-state index contributed by atoms with van der Waals surface area (Å²) in [5.41, 5.74) is -0.149. The third kappa shape index (κ3) is 6.72. The molecular formula is C28H37N5O5. The summed E-state index contributed by atoms with van der Waals surface area (Å²) in [6.07, 6.45) is 3.78. The number of aryl methyl sites for hydroxylation is 1. The molecular weight excluding hydrogens is 486 g/mol. The van der Waals surface area contributed by atoms with Crippen LogP contribution in [0.1, 0.15) is 68.0 Å². The fourth-order valence-electron chi connectivity index (χ4n) is 3.66. The standard InChI is InChI=1S/C28H37N5O5/c1-11-32-17-21(19-14-18(29-16-22(19)32)12-13-28(8,9)36)20-15-30-33(25(35)38-27(5,6)7)23(20)31(10)24(34)37-26(2,3)4/h14-17,36H,11H2,1-10H3. The van der Waals surface area contributed by atoms with E-state index in [1.165, 1.54) is 18.1 Å². The summed E-state index contributed by atoms with van der Waals surface area (Å²) in [5.74, 6) is 5.89. The van der Waals surface area contributed by atoms with Gasteiger partial charge in [0.1, 0.15) is 22.5 Å². The molecule has 3 rings (SSSR count). The van der Waals surface area contributed by atoms with Gasteiger partial charge in [0, 0.05) is 36.3 Å². The quantitative estimate of drug-likeness (QED) is 0.470. The molecule has 0 fully saturated rings. The first-order valence-corrected chi connectivity index (χ1v) is 12.4. The molecule has 3 heterocycles. The number of amides is 1. The normalized spacial score (nSPS) is 12.2. The van der Waals surface area contributed by atoms with Crippen molar-refractivity contribution in [2.75, 3.05) is 11.9 Å². The molecule has 0 aliphatic rings. The zero-order valence-corrected chi connectivity index (χ0v) is 23.8. The number of nitrogens with zero attached hydrogens (tertiary/aromatic N) is 5. The minimum atomic E-state index is -1.17. The van der Waals surface area contributed by atoms with Crippen LogP contribution in [0.3, 0.4) is 0 Å². The number of pyridine rings is 1. The van der Waals surface area contributed by atoms with E-state index < -0.39 is 29.0 Å². The van der Waals surface area contributed by atoms with Gasteiger partial charge in [-0.05, 0) is 74.3 Å². The first kappa shape index (κ1) is 28.7. The van der Waals surface area contributed by atoms with E-state index in [9.17, 15) is 14.7 Å². The van der Waals surface area contributed by atoms with Gasteiger partial charge in [-0.25, -0.2) is 14.6 Å². The molecule has 3 aromatic heterocycles. The third-order valence-corrected chi connectivity index (χ3v) is 5.19. The first-order chi connectivity index (χ1) is 17.4. The van der Waals surface area contributed by atoms with Crippen molar-refractivity contribution in [3.05, 3.63) is 30.4 Å². The summed E-state index contributed by atoms with van der Waals surface area (Å²) in [6, 6.07) is 1.82. The number of rotatable bonds is 3. The second-order valence-corrected chi connectivity index (χ2v) is 11.5. The third-order valence-electron chi connectivity index (χ3n) is 5.19. The molecule has 204 valence electrons. The van der Waals surface area contributed by atoms with Crippen molar-refractivity contribution in [2.45, 2.75) is 85.7 Å². The lowest BCUT2D eigenvalue weighted by molar-refractivity contribution is 0.0513. The molecule has 0 bridgehead atoms. The molecule has 10 nitrogen and oxygen atoms in total. The molecule has 0 atom stereocenters. The Labute approximate surface area is 223 Å². The monoisotopic (exact) mass is 523 g/mol. The van der Waals surface area contributed by atoms with Crippen molar-refractivity contribution < 1.29 is 24.2 Å². The van der Waals surface area contributed by atoms with Crippen molar-refractivity contribution in [2.24, 2.45) is 0 Å². The number of hydrogen-bond donors (Lipinski definition) is 1. The number of carbonyl (C=O) groups is 2. The molecule has 0 aliphatic carbocycles. The number of hydrogen-bond acceptors (Lipinski definition) is 7. The van der Waals surface area contributed by atoms with E-state index in [-0.39, 0.29) is 5.82 Å². The van der Waals surface area contributed by atoms with Crippen LogP contribution >= 0.6 is 0 Å². The molecule has 10 heteroatoms. The maximum absolute atomic E-state index is 13.1. The molecule has 0 saturated carbocycles. The zero-order valence-electron chi connectivity index (χ0n) is 23.8. The van der Waals surface area contributed by atoms with Crippen LogP contribution in [0, 0.1) is 11.8 Å². The van der Waals surface area contributed by atoms with Gasteiger partial charge in [0.05, 0.1) is 17.9 Å². The van der Waals surface area contributed by atoms with Crippen molar-refractivity contribution >= 4 is 28.9 Å². The van der Waals surface area contributed by atoms with Gasteiger partial charge in [-0.15, -0.1) is 4.68 Å². The fraction of sp³-hybridized carbons (Fsp3) is 0.500. The van der Waals surface area contributed by atoms with Gasteiger partial charge in [0.15, 0.2) is 5.82 Å². The summed E-state index contributed by atoms with van der Waals surface area (Å²) in [6.45, 7) is 16.4. The first-order valence-electron chi connectivity index (χ1n) is 12.4. The number of carbonyl (C=O) groups excluding carboxylic acids is 2. The molecule has 0 saturated heterocycles. The lowest BCUT2D eigenvalue weighted by Gasteiger charge is -2.26. The van der Waals surface area contributed by atoms with Crippen molar-refractivity contribution in [3.63, 3.8) is 0 Å². The van der Waals surface area contributed by atoms with Crippen molar-refractivity contribution in [1.82, 2.24) is 19.3 Å².